The number of hydrogen-bond acceptors (Lipinski definition) is 4. The van der Waals surface area contributed by atoms with Gasteiger partial charge in [0.15, 0.2) is 11.5 Å². The number of rotatable bonds is 7. The number of carbonyl (C=O) groups excluding carboxylic acids is 1. The fourth-order valence-corrected chi connectivity index (χ4v) is 2.37. The molecule has 0 atom stereocenters. The number of carbonyl (C=O) groups is 1. The lowest BCUT2D eigenvalue weighted by atomic mass is 10.1. The minimum Gasteiger partial charge on any atom is -0.493 e. The molecule has 24 heavy (non-hydrogen) atoms. The molecule has 0 aliphatic rings. The summed E-state index contributed by atoms with van der Waals surface area (Å²) >= 11 is 0. The van der Waals surface area contributed by atoms with Crippen LogP contribution in [0.4, 0.5) is 11.4 Å². The predicted octanol–water partition coefficient (Wildman–Crippen LogP) is 3.76. The van der Waals surface area contributed by atoms with Gasteiger partial charge in [-0.25, -0.2) is 0 Å². The molecule has 0 fully saturated rings. The topological polar surface area (TPSA) is 59.6 Å². The summed E-state index contributed by atoms with van der Waals surface area (Å²) in [7, 11) is 3.15. The number of methoxy groups -OCH3 is 2. The Morgan fingerprint density at radius 2 is 1.75 bits per heavy atom. The average Bonchev–Trinajstić information content (AvgIpc) is 2.57. The standard InChI is InChI=1S/C19H24N2O3/c1-13-5-6-14(2)16(11-13)20-10-9-19(22)21-15-7-8-17(23-3)18(12-15)24-4/h5-8,11-12,20H,9-10H2,1-4H3,(H,21,22). The Morgan fingerprint density at radius 3 is 2.46 bits per heavy atom. The largest absolute Gasteiger partial charge is 0.493 e. The summed E-state index contributed by atoms with van der Waals surface area (Å²) in [6.45, 7) is 4.67. The molecule has 0 heterocycles. The zero-order valence-electron chi connectivity index (χ0n) is 14.6. The Bertz CT molecular complexity index is 714. The van der Waals surface area contributed by atoms with Crippen molar-refractivity contribution in [2.45, 2.75) is 20.3 Å². The first-order chi connectivity index (χ1) is 11.5. The van der Waals surface area contributed by atoms with Crippen LogP contribution in [0.2, 0.25) is 0 Å². The van der Waals surface area contributed by atoms with Crippen LogP contribution in [-0.4, -0.2) is 26.7 Å². The lowest BCUT2D eigenvalue weighted by molar-refractivity contribution is -0.115. The molecular formula is C19H24N2O3. The Balaban J connectivity index is 1.88. The van der Waals surface area contributed by atoms with Crippen LogP contribution < -0.4 is 20.1 Å². The third kappa shape index (κ3) is 4.65. The van der Waals surface area contributed by atoms with Crippen molar-refractivity contribution in [3.63, 3.8) is 0 Å². The molecule has 2 N–H and O–H groups in total. The minimum absolute atomic E-state index is 0.0555. The van der Waals surface area contributed by atoms with Crippen LogP contribution >= 0.6 is 0 Å². The molecule has 128 valence electrons. The van der Waals surface area contributed by atoms with E-state index in [1.165, 1.54) is 11.1 Å². The van der Waals surface area contributed by atoms with Crippen molar-refractivity contribution in [1.29, 1.82) is 0 Å². The monoisotopic (exact) mass is 328 g/mol. The third-order valence-corrected chi connectivity index (χ3v) is 3.73. The molecule has 5 heteroatoms. The van der Waals surface area contributed by atoms with E-state index in [9.17, 15) is 4.79 Å². The van der Waals surface area contributed by atoms with Crippen molar-refractivity contribution in [3.8, 4) is 11.5 Å². The molecule has 0 spiro atoms. The summed E-state index contributed by atoms with van der Waals surface area (Å²) in [6, 6.07) is 11.5. The van der Waals surface area contributed by atoms with Crippen LogP contribution in [0.1, 0.15) is 17.5 Å². The molecule has 0 radical (unpaired) electrons. The Hall–Kier alpha value is -2.69. The molecule has 0 aliphatic carbocycles. The summed E-state index contributed by atoms with van der Waals surface area (Å²) < 4.78 is 10.4. The van der Waals surface area contributed by atoms with E-state index in [1.54, 1.807) is 32.4 Å². The van der Waals surface area contributed by atoms with Crippen molar-refractivity contribution >= 4 is 17.3 Å². The summed E-state index contributed by atoms with van der Waals surface area (Å²) in [4.78, 5) is 12.1. The molecule has 0 unspecified atom stereocenters. The highest BCUT2D eigenvalue weighted by Crippen LogP contribution is 2.29. The van der Waals surface area contributed by atoms with Crippen molar-refractivity contribution < 1.29 is 14.3 Å². The summed E-state index contributed by atoms with van der Waals surface area (Å²) in [5, 5.41) is 6.17. The van der Waals surface area contributed by atoms with Gasteiger partial charge in [0.05, 0.1) is 14.2 Å². The van der Waals surface area contributed by atoms with Gasteiger partial charge in [-0.1, -0.05) is 12.1 Å². The molecule has 0 aliphatic heterocycles. The molecule has 0 aromatic heterocycles. The highest BCUT2D eigenvalue weighted by molar-refractivity contribution is 5.91. The normalized spacial score (nSPS) is 10.2. The van der Waals surface area contributed by atoms with Gasteiger partial charge in [-0.15, -0.1) is 0 Å². The van der Waals surface area contributed by atoms with Gasteiger partial charge in [-0.05, 0) is 43.2 Å². The number of amides is 1. The minimum atomic E-state index is -0.0555. The highest BCUT2D eigenvalue weighted by Gasteiger charge is 2.07. The van der Waals surface area contributed by atoms with E-state index in [0.29, 0.717) is 30.2 Å². The molecule has 5 nitrogen and oxygen atoms in total. The first-order valence-corrected chi connectivity index (χ1v) is 7.86. The van der Waals surface area contributed by atoms with Gasteiger partial charge in [-0.2, -0.15) is 0 Å². The fourth-order valence-electron chi connectivity index (χ4n) is 2.37. The number of aryl methyl sites for hydroxylation is 2. The number of benzene rings is 2. The maximum Gasteiger partial charge on any atom is 0.226 e. The molecule has 1 amide bonds. The first-order valence-electron chi connectivity index (χ1n) is 7.86. The van der Waals surface area contributed by atoms with Crippen LogP contribution in [0.25, 0.3) is 0 Å². The summed E-state index contributed by atoms with van der Waals surface area (Å²) in [5.41, 5.74) is 4.11. The van der Waals surface area contributed by atoms with Gasteiger partial charge in [0.2, 0.25) is 5.91 Å². The van der Waals surface area contributed by atoms with E-state index in [1.807, 2.05) is 13.8 Å². The SMILES string of the molecule is COc1ccc(NC(=O)CCNc2cc(C)ccc2C)cc1OC. The quantitative estimate of drug-likeness (QED) is 0.812. The van der Waals surface area contributed by atoms with Gasteiger partial charge in [0.1, 0.15) is 0 Å². The highest BCUT2D eigenvalue weighted by atomic mass is 16.5. The van der Waals surface area contributed by atoms with Crippen molar-refractivity contribution in [2.75, 3.05) is 31.4 Å². The van der Waals surface area contributed by atoms with Crippen LogP contribution in [-0.2, 0) is 4.79 Å². The maximum atomic E-state index is 12.1. The van der Waals surface area contributed by atoms with E-state index in [-0.39, 0.29) is 5.91 Å². The second-order valence-electron chi connectivity index (χ2n) is 5.61. The van der Waals surface area contributed by atoms with Crippen molar-refractivity contribution in [2.24, 2.45) is 0 Å². The number of nitrogens with one attached hydrogen (secondary N) is 2. The number of hydrogen-bond donors (Lipinski definition) is 2. The van der Waals surface area contributed by atoms with Crippen LogP contribution in [0, 0.1) is 13.8 Å². The zero-order chi connectivity index (χ0) is 17.5. The fraction of sp³-hybridized carbons (Fsp3) is 0.316. The van der Waals surface area contributed by atoms with Crippen molar-refractivity contribution in [3.05, 3.63) is 47.5 Å². The van der Waals surface area contributed by atoms with E-state index < -0.39 is 0 Å². The summed E-state index contributed by atoms with van der Waals surface area (Å²) in [6.07, 6.45) is 0.377. The maximum absolute atomic E-state index is 12.1. The van der Waals surface area contributed by atoms with E-state index in [4.69, 9.17) is 9.47 Å². The molecule has 0 bridgehead atoms. The van der Waals surface area contributed by atoms with Crippen molar-refractivity contribution in [1.82, 2.24) is 0 Å². The number of ether oxygens (including phenoxy) is 2. The number of anilines is 2. The average molecular weight is 328 g/mol. The smallest absolute Gasteiger partial charge is 0.226 e. The Kier molecular flexibility index (Phi) is 6.07. The van der Waals surface area contributed by atoms with Gasteiger partial charge in [0.25, 0.3) is 0 Å². The second-order valence-corrected chi connectivity index (χ2v) is 5.61. The lowest BCUT2D eigenvalue weighted by Crippen LogP contribution is -2.16. The van der Waals surface area contributed by atoms with Crippen LogP contribution in [0.5, 0.6) is 11.5 Å². The van der Waals surface area contributed by atoms with Gasteiger partial charge >= 0.3 is 0 Å². The molecule has 2 aromatic carbocycles. The third-order valence-electron chi connectivity index (χ3n) is 3.73. The van der Waals surface area contributed by atoms with E-state index in [0.717, 1.165) is 5.69 Å². The Labute approximate surface area is 143 Å². The molecule has 2 rings (SSSR count). The zero-order valence-corrected chi connectivity index (χ0v) is 14.6. The molecule has 0 saturated carbocycles. The predicted molar refractivity (Wildman–Crippen MR) is 97.2 cm³/mol. The van der Waals surface area contributed by atoms with Crippen LogP contribution in [0.3, 0.4) is 0 Å². The second kappa shape index (κ2) is 8.24. The first kappa shape index (κ1) is 17.7. The van der Waals surface area contributed by atoms with Crippen LogP contribution in [0.15, 0.2) is 36.4 Å². The lowest BCUT2D eigenvalue weighted by Gasteiger charge is -2.12. The van der Waals surface area contributed by atoms with Gasteiger partial charge < -0.3 is 20.1 Å². The molecular weight excluding hydrogens is 304 g/mol. The Morgan fingerprint density at radius 1 is 1.00 bits per heavy atom. The summed E-state index contributed by atoms with van der Waals surface area (Å²) in [5.74, 6) is 1.16. The molecule has 2 aromatic rings. The van der Waals surface area contributed by atoms with Gasteiger partial charge in [-0.3, -0.25) is 4.79 Å². The molecule has 0 saturated heterocycles. The van der Waals surface area contributed by atoms with E-state index >= 15 is 0 Å². The van der Waals surface area contributed by atoms with Gasteiger partial charge in [0, 0.05) is 30.4 Å². The van der Waals surface area contributed by atoms with E-state index in [2.05, 4.69) is 28.8 Å².